The maximum absolute atomic E-state index is 12.6. The van der Waals surface area contributed by atoms with Crippen molar-refractivity contribution in [3.05, 3.63) is 75.6 Å². The molecule has 0 saturated heterocycles. The molecule has 0 fully saturated rings. The van der Waals surface area contributed by atoms with Crippen molar-refractivity contribution in [1.82, 2.24) is 4.98 Å². The average molecular weight is 339 g/mol. The molecule has 0 aliphatic rings. The summed E-state index contributed by atoms with van der Waals surface area (Å²) in [5.41, 5.74) is 2.15. The highest BCUT2D eigenvalue weighted by Crippen LogP contribution is 2.28. The van der Waals surface area contributed by atoms with Gasteiger partial charge in [-0.15, -0.1) is 11.3 Å². The smallest absolute Gasteiger partial charge is 0.186 e. The number of carbonyl (C=O) groups excluding carboxylic acids is 1. The van der Waals surface area contributed by atoms with E-state index in [4.69, 9.17) is 11.6 Å². The van der Waals surface area contributed by atoms with Crippen molar-refractivity contribution in [2.75, 3.05) is 0 Å². The third kappa shape index (κ3) is 3.31. The van der Waals surface area contributed by atoms with Crippen LogP contribution < -0.4 is 0 Å². The van der Waals surface area contributed by atoms with Crippen molar-refractivity contribution >= 4 is 28.7 Å². The molecule has 1 unspecified atom stereocenters. The van der Waals surface area contributed by atoms with Gasteiger partial charge in [-0.25, -0.2) is 4.98 Å². The number of aromatic nitrogens is 1. The maximum Gasteiger partial charge on any atom is 0.186 e. The lowest BCUT2D eigenvalue weighted by atomic mass is 9.99. The average Bonchev–Trinajstić information content (AvgIpc) is 3.06. The van der Waals surface area contributed by atoms with Crippen molar-refractivity contribution in [3.63, 3.8) is 0 Å². The molecule has 5 heteroatoms. The molecule has 1 atom stereocenters. The molecule has 1 aromatic heterocycles. The fraction of sp³-hybridized carbons (Fsp3) is 0.0556. The van der Waals surface area contributed by atoms with Crippen molar-refractivity contribution in [3.8, 4) is 17.3 Å². The van der Waals surface area contributed by atoms with E-state index in [1.54, 1.807) is 24.3 Å². The zero-order chi connectivity index (χ0) is 16.2. The second-order valence-electron chi connectivity index (χ2n) is 4.87. The van der Waals surface area contributed by atoms with Gasteiger partial charge in [0.1, 0.15) is 5.01 Å². The van der Waals surface area contributed by atoms with Crippen LogP contribution in [0.4, 0.5) is 0 Å². The van der Waals surface area contributed by atoms with Crippen LogP contribution in [0.3, 0.4) is 0 Å². The molecule has 3 rings (SSSR count). The fourth-order valence-corrected chi connectivity index (χ4v) is 3.25. The number of benzene rings is 2. The largest absolute Gasteiger partial charge is 0.292 e. The van der Waals surface area contributed by atoms with Crippen LogP contribution in [-0.2, 0) is 0 Å². The Morgan fingerprint density at radius 3 is 2.65 bits per heavy atom. The maximum atomic E-state index is 12.6. The number of carbonyl (C=O) groups is 1. The highest BCUT2D eigenvalue weighted by molar-refractivity contribution is 7.10. The van der Waals surface area contributed by atoms with E-state index in [1.165, 1.54) is 11.3 Å². The monoisotopic (exact) mass is 338 g/mol. The third-order valence-electron chi connectivity index (χ3n) is 3.34. The van der Waals surface area contributed by atoms with E-state index >= 15 is 0 Å². The summed E-state index contributed by atoms with van der Waals surface area (Å²) in [5, 5.41) is 12.3. The van der Waals surface area contributed by atoms with Crippen LogP contribution in [0.25, 0.3) is 11.3 Å². The second-order valence-corrected chi connectivity index (χ2v) is 6.20. The SMILES string of the molecule is N#CC(C(=O)c1cccc(Cl)c1)c1nc(-c2ccccc2)cs1. The van der Waals surface area contributed by atoms with Crippen molar-refractivity contribution in [1.29, 1.82) is 5.26 Å². The lowest BCUT2D eigenvalue weighted by Crippen LogP contribution is -2.11. The molecule has 0 saturated carbocycles. The van der Waals surface area contributed by atoms with Crippen LogP contribution in [-0.4, -0.2) is 10.8 Å². The van der Waals surface area contributed by atoms with E-state index < -0.39 is 5.92 Å². The van der Waals surface area contributed by atoms with Gasteiger partial charge in [-0.2, -0.15) is 5.26 Å². The molecular weight excluding hydrogens is 328 g/mol. The lowest BCUT2D eigenvalue weighted by Gasteiger charge is -2.05. The van der Waals surface area contributed by atoms with Crippen LogP contribution in [0.1, 0.15) is 21.3 Å². The van der Waals surface area contributed by atoms with Crippen LogP contribution in [0.5, 0.6) is 0 Å². The van der Waals surface area contributed by atoms with E-state index in [1.807, 2.05) is 35.7 Å². The molecule has 0 radical (unpaired) electrons. The number of halogens is 1. The normalized spacial score (nSPS) is 11.7. The Morgan fingerprint density at radius 1 is 1.17 bits per heavy atom. The minimum absolute atomic E-state index is 0.288. The molecule has 1 heterocycles. The van der Waals surface area contributed by atoms with Gasteiger partial charge in [0.15, 0.2) is 11.7 Å². The van der Waals surface area contributed by atoms with Gasteiger partial charge in [0.2, 0.25) is 0 Å². The topological polar surface area (TPSA) is 53.8 Å². The van der Waals surface area contributed by atoms with Gasteiger partial charge in [0.05, 0.1) is 11.8 Å². The minimum Gasteiger partial charge on any atom is -0.292 e. The van der Waals surface area contributed by atoms with E-state index in [0.717, 1.165) is 11.3 Å². The first-order valence-corrected chi connectivity index (χ1v) is 8.15. The molecule has 0 aliphatic heterocycles. The van der Waals surface area contributed by atoms with Gasteiger partial charge < -0.3 is 0 Å². The number of nitrogens with zero attached hydrogens (tertiary/aromatic N) is 2. The van der Waals surface area contributed by atoms with Gasteiger partial charge in [0.25, 0.3) is 0 Å². The van der Waals surface area contributed by atoms with E-state index in [0.29, 0.717) is 15.6 Å². The molecule has 3 aromatic rings. The zero-order valence-electron chi connectivity index (χ0n) is 11.9. The number of rotatable bonds is 4. The second kappa shape index (κ2) is 6.74. The third-order valence-corrected chi connectivity index (χ3v) is 4.48. The Labute approximate surface area is 142 Å². The standard InChI is InChI=1S/C18H11ClN2OS/c19-14-8-4-7-13(9-14)17(22)15(10-20)18-21-16(11-23-18)12-5-2-1-3-6-12/h1-9,11,15H. The molecule has 0 bridgehead atoms. The highest BCUT2D eigenvalue weighted by Gasteiger charge is 2.25. The molecule has 23 heavy (non-hydrogen) atoms. The summed E-state index contributed by atoms with van der Waals surface area (Å²) in [7, 11) is 0. The highest BCUT2D eigenvalue weighted by atomic mass is 35.5. The van der Waals surface area contributed by atoms with Crippen LogP contribution in [0.2, 0.25) is 5.02 Å². The molecule has 0 aliphatic carbocycles. The first kappa shape index (κ1) is 15.4. The fourth-order valence-electron chi connectivity index (χ4n) is 2.20. The van der Waals surface area contributed by atoms with Gasteiger partial charge in [-0.1, -0.05) is 54.1 Å². The summed E-state index contributed by atoms with van der Waals surface area (Å²) in [6, 6.07) is 18.3. The first-order chi connectivity index (χ1) is 11.2. The Kier molecular flexibility index (Phi) is 4.52. The molecular formula is C18H11ClN2OS. The van der Waals surface area contributed by atoms with Gasteiger partial charge in [-0.05, 0) is 12.1 Å². The molecule has 0 spiro atoms. The molecule has 2 aromatic carbocycles. The molecule has 0 N–H and O–H groups in total. The van der Waals surface area contributed by atoms with E-state index in [-0.39, 0.29) is 5.78 Å². The number of thiazole rings is 1. The lowest BCUT2D eigenvalue weighted by molar-refractivity contribution is 0.0979. The molecule has 0 amide bonds. The summed E-state index contributed by atoms with van der Waals surface area (Å²) in [4.78, 5) is 17.0. The van der Waals surface area contributed by atoms with E-state index in [2.05, 4.69) is 11.1 Å². The Morgan fingerprint density at radius 2 is 1.96 bits per heavy atom. The van der Waals surface area contributed by atoms with Gasteiger partial charge in [-0.3, -0.25) is 4.79 Å². The number of Topliss-reactive ketones (excluding diaryl/α,β-unsaturated/α-hetero) is 1. The molecule has 112 valence electrons. The minimum atomic E-state index is -0.920. The van der Waals surface area contributed by atoms with Crippen molar-refractivity contribution in [2.24, 2.45) is 0 Å². The molecule has 3 nitrogen and oxygen atoms in total. The van der Waals surface area contributed by atoms with Gasteiger partial charge in [0, 0.05) is 21.5 Å². The van der Waals surface area contributed by atoms with Crippen LogP contribution >= 0.6 is 22.9 Å². The Balaban J connectivity index is 1.92. The summed E-state index contributed by atoms with van der Waals surface area (Å²) in [6.07, 6.45) is 0. The Bertz CT molecular complexity index is 883. The predicted octanol–water partition coefficient (Wildman–Crippen LogP) is 4.95. The van der Waals surface area contributed by atoms with Crippen LogP contribution in [0, 0.1) is 11.3 Å². The number of nitriles is 1. The Hall–Kier alpha value is -2.48. The summed E-state index contributed by atoms with van der Waals surface area (Å²) >= 11 is 7.24. The number of ketones is 1. The number of hydrogen-bond acceptors (Lipinski definition) is 4. The number of hydrogen-bond donors (Lipinski definition) is 0. The van der Waals surface area contributed by atoms with Gasteiger partial charge >= 0.3 is 0 Å². The summed E-state index contributed by atoms with van der Waals surface area (Å²) in [5.74, 6) is -1.21. The quantitative estimate of drug-likeness (QED) is 0.632. The van der Waals surface area contributed by atoms with Crippen molar-refractivity contribution in [2.45, 2.75) is 5.92 Å². The van der Waals surface area contributed by atoms with E-state index in [9.17, 15) is 10.1 Å². The van der Waals surface area contributed by atoms with Crippen LogP contribution in [0.15, 0.2) is 60.0 Å². The summed E-state index contributed by atoms with van der Waals surface area (Å²) in [6.45, 7) is 0. The predicted molar refractivity (Wildman–Crippen MR) is 91.7 cm³/mol. The van der Waals surface area contributed by atoms with Crippen molar-refractivity contribution < 1.29 is 4.79 Å². The first-order valence-electron chi connectivity index (χ1n) is 6.89. The zero-order valence-corrected chi connectivity index (χ0v) is 13.5. The summed E-state index contributed by atoms with van der Waals surface area (Å²) < 4.78 is 0.